The van der Waals surface area contributed by atoms with Crippen LogP contribution in [0.2, 0.25) is 0 Å². The number of hydrogen-bond acceptors (Lipinski definition) is 5. The molecule has 0 aromatic carbocycles. The van der Waals surface area contributed by atoms with Crippen molar-refractivity contribution in [3.05, 3.63) is 0 Å². The number of sulfonamides is 1. The number of oxime groups is 1. The van der Waals surface area contributed by atoms with Gasteiger partial charge in [-0.25, -0.2) is 8.42 Å². The summed E-state index contributed by atoms with van der Waals surface area (Å²) < 4.78 is 25.9. The maximum atomic E-state index is 12.2. The predicted molar refractivity (Wildman–Crippen MR) is 79.3 cm³/mol. The summed E-state index contributed by atoms with van der Waals surface area (Å²) >= 11 is 0. The lowest BCUT2D eigenvalue weighted by Crippen LogP contribution is -2.54. The van der Waals surface area contributed by atoms with E-state index in [4.69, 9.17) is 10.9 Å². The van der Waals surface area contributed by atoms with E-state index in [-0.39, 0.29) is 17.6 Å². The molecule has 0 aromatic heterocycles. The minimum Gasteiger partial charge on any atom is -0.409 e. The van der Waals surface area contributed by atoms with Crippen LogP contribution in [0.4, 0.5) is 0 Å². The number of nitrogens with two attached hydrogens (primary N) is 1. The van der Waals surface area contributed by atoms with Crippen LogP contribution in [0.1, 0.15) is 27.2 Å². The van der Waals surface area contributed by atoms with Crippen molar-refractivity contribution in [1.29, 1.82) is 0 Å². The van der Waals surface area contributed by atoms with Gasteiger partial charge in [0.1, 0.15) is 0 Å². The molecule has 0 radical (unpaired) electrons. The van der Waals surface area contributed by atoms with Crippen LogP contribution >= 0.6 is 0 Å². The molecule has 0 spiro atoms. The second-order valence-electron chi connectivity index (χ2n) is 5.63. The molecule has 3 N–H and O–H groups in total. The first-order valence-corrected chi connectivity index (χ1v) is 8.58. The van der Waals surface area contributed by atoms with E-state index in [2.05, 4.69) is 5.16 Å². The van der Waals surface area contributed by atoms with Gasteiger partial charge in [0.25, 0.3) is 0 Å². The van der Waals surface area contributed by atoms with E-state index < -0.39 is 10.0 Å². The van der Waals surface area contributed by atoms with Gasteiger partial charge in [0.15, 0.2) is 5.84 Å². The normalized spacial score (nSPS) is 21.3. The van der Waals surface area contributed by atoms with Crippen LogP contribution in [-0.2, 0) is 10.0 Å². The summed E-state index contributed by atoms with van der Waals surface area (Å²) in [4.78, 5) is 2.02. The number of nitrogens with zero attached hydrogens (tertiary/aromatic N) is 3. The summed E-state index contributed by atoms with van der Waals surface area (Å²) in [6.07, 6.45) is 0.684. The molecular weight excluding hydrogens is 280 g/mol. The number of amidine groups is 1. The molecule has 1 rings (SSSR count). The minimum absolute atomic E-state index is 0.154. The van der Waals surface area contributed by atoms with Crippen molar-refractivity contribution in [2.24, 2.45) is 16.8 Å². The molecule has 1 unspecified atom stereocenters. The molecule has 20 heavy (non-hydrogen) atoms. The first kappa shape index (κ1) is 17.2. The Labute approximate surface area is 121 Å². The Hall–Kier alpha value is -0.860. The minimum atomic E-state index is -3.16. The van der Waals surface area contributed by atoms with Crippen LogP contribution in [0, 0.1) is 5.92 Å². The average Bonchev–Trinajstić information content (AvgIpc) is 2.43. The van der Waals surface area contributed by atoms with E-state index in [1.807, 2.05) is 25.7 Å². The maximum Gasteiger partial charge on any atom is 0.214 e. The van der Waals surface area contributed by atoms with Gasteiger partial charge in [-0.15, -0.1) is 0 Å². The second kappa shape index (κ2) is 7.24. The zero-order valence-electron chi connectivity index (χ0n) is 12.5. The fraction of sp³-hybridized carbons (Fsp3) is 0.917. The van der Waals surface area contributed by atoms with Gasteiger partial charge in [0.2, 0.25) is 10.0 Å². The molecule has 1 atom stereocenters. The van der Waals surface area contributed by atoms with Gasteiger partial charge >= 0.3 is 0 Å². The van der Waals surface area contributed by atoms with E-state index in [9.17, 15) is 8.42 Å². The van der Waals surface area contributed by atoms with Gasteiger partial charge in [0, 0.05) is 26.2 Å². The van der Waals surface area contributed by atoms with E-state index in [0.29, 0.717) is 38.5 Å². The molecule has 1 saturated heterocycles. The van der Waals surface area contributed by atoms with Crippen LogP contribution in [0.5, 0.6) is 0 Å². The third-order valence-corrected chi connectivity index (χ3v) is 5.61. The van der Waals surface area contributed by atoms with Gasteiger partial charge in [-0.2, -0.15) is 4.31 Å². The van der Waals surface area contributed by atoms with Crippen LogP contribution in [0.25, 0.3) is 0 Å². The highest BCUT2D eigenvalue weighted by atomic mass is 32.2. The summed E-state index contributed by atoms with van der Waals surface area (Å²) in [6.45, 7) is 8.00. The smallest absolute Gasteiger partial charge is 0.214 e. The van der Waals surface area contributed by atoms with Crippen LogP contribution < -0.4 is 5.73 Å². The van der Waals surface area contributed by atoms with Crippen molar-refractivity contribution in [1.82, 2.24) is 9.21 Å². The van der Waals surface area contributed by atoms with E-state index in [1.54, 1.807) is 4.31 Å². The van der Waals surface area contributed by atoms with Crippen molar-refractivity contribution >= 4 is 15.9 Å². The molecule has 7 nitrogen and oxygen atoms in total. The van der Waals surface area contributed by atoms with Crippen molar-refractivity contribution in [3.63, 3.8) is 0 Å². The Bertz CT molecular complexity index is 428. The van der Waals surface area contributed by atoms with Gasteiger partial charge < -0.3 is 10.9 Å². The first-order valence-electron chi connectivity index (χ1n) is 6.97. The van der Waals surface area contributed by atoms with Crippen molar-refractivity contribution in [3.8, 4) is 0 Å². The molecule has 118 valence electrons. The Morgan fingerprint density at radius 2 is 1.80 bits per heavy atom. The predicted octanol–water partition coefficient (Wildman–Crippen LogP) is 0.115. The molecule has 1 aliphatic heterocycles. The molecule has 1 fully saturated rings. The Morgan fingerprint density at radius 3 is 2.25 bits per heavy atom. The summed E-state index contributed by atoms with van der Waals surface area (Å²) in [6, 6.07) is -0.180. The molecule has 0 saturated carbocycles. The van der Waals surface area contributed by atoms with Gasteiger partial charge in [-0.3, -0.25) is 4.90 Å². The van der Waals surface area contributed by atoms with Crippen LogP contribution in [-0.4, -0.2) is 66.6 Å². The highest BCUT2D eigenvalue weighted by Crippen LogP contribution is 2.13. The topological polar surface area (TPSA) is 99.2 Å². The molecule has 0 aromatic rings. The Morgan fingerprint density at radius 1 is 1.25 bits per heavy atom. The Balaban J connectivity index is 2.53. The third kappa shape index (κ3) is 4.60. The number of piperazine rings is 1. The summed E-state index contributed by atoms with van der Waals surface area (Å²) in [7, 11) is -3.16. The Kier molecular flexibility index (Phi) is 6.22. The van der Waals surface area contributed by atoms with E-state index in [1.165, 1.54) is 0 Å². The van der Waals surface area contributed by atoms with Gasteiger partial charge in [0.05, 0.1) is 11.8 Å². The second-order valence-corrected chi connectivity index (χ2v) is 7.72. The zero-order valence-corrected chi connectivity index (χ0v) is 13.3. The van der Waals surface area contributed by atoms with Crippen LogP contribution in [0.3, 0.4) is 0 Å². The molecule has 0 amide bonds. The average molecular weight is 306 g/mol. The van der Waals surface area contributed by atoms with Crippen LogP contribution in [0.15, 0.2) is 5.16 Å². The SMILES string of the molecule is CC(C)CCS(=O)(=O)N1CCN(C(C)C(N)=NO)CC1. The van der Waals surface area contributed by atoms with Gasteiger partial charge in [-0.05, 0) is 19.3 Å². The molecule has 0 bridgehead atoms. The number of hydrogen-bond donors (Lipinski definition) is 2. The molecule has 8 heteroatoms. The zero-order chi connectivity index (χ0) is 15.3. The van der Waals surface area contributed by atoms with E-state index >= 15 is 0 Å². The van der Waals surface area contributed by atoms with Crippen molar-refractivity contribution < 1.29 is 13.6 Å². The van der Waals surface area contributed by atoms with E-state index in [0.717, 1.165) is 0 Å². The fourth-order valence-electron chi connectivity index (χ4n) is 2.15. The molecule has 1 aliphatic rings. The monoisotopic (exact) mass is 306 g/mol. The van der Waals surface area contributed by atoms with Crippen molar-refractivity contribution in [2.45, 2.75) is 33.2 Å². The highest BCUT2D eigenvalue weighted by Gasteiger charge is 2.29. The first-order chi connectivity index (χ1) is 9.27. The summed E-state index contributed by atoms with van der Waals surface area (Å²) in [5.41, 5.74) is 5.58. The van der Waals surface area contributed by atoms with Gasteiger partial charge in [-0.1, -0.05) is 19.0 Å². The standard InChI is InChI=1S/C12H26N4O3S/c1-10(2)4-9-20(18,19)16-7-5-15(6-8-16)11(3)12(13)14-17/h10-11,17H,4-9H2,1-3H3,(H2,13,14). The highest BCUT2D eigenvalue weighted by molar-refractivity contribution is 7.89. The quantitative estimate of drug-likeness (QED) is 0.314. The summed E-state index contributed by atoms with van der Waals surface area (Å²) in [5.74, 6) is 0.744. The maximum absolute atomic E-state index is 12.2. The lowest BCUT2D eigenvalue weighted by atomic mass is 10.2. The largest absolute Gasteiger partial charge is 0.409 e. The molecule has 0 aliphatic carbocycles. The molecule has 1 heterocycles. The lowest BCUT2D eigenvalue weighted by Gasteiger charge is -2.36. The molecular formula is C12H26N4O3S. The van der Waals surface area contributed by atoms with Crippen molar-refractivity contribution in [2.75, 3.05) is 31.9 Å². The lowest BCUT2D eigenvalue weighted by molar-refractivity contribution is 0.171. The third-order valence-electron chi connectivity index (χ3n) is 3.71. The fourth-order valence-corrected chi connectivity index (χ4v) is 3.90. The number of rotatable bonds is 6. The summed E-state index contributed by atoms with van der Waals surface area (Å²) in [5, 5.41) is 11.7.